The summed E-state index contributed by atoms with van der Waals surface area (Å²) in [6, 6.07) is 0.138. The lowest BCUT2D eigenvalue weighted by Crippen LogP contribution is -2.35. The first kappa shape index (κ1) is 12.0. The smallest absolute Gasteiger partial charge is 0.216 e. The fraction of sp³-hybridized carbons (Fsp3) is 0.700. The average molecular weight is 182 g/mol. The molecule has 0 saturated heterocycles. The highest BCUT2D eigenvalue weighted by atomic mass is 16.1. The molecule has 1 atom stereocenters. The number of amides is 1. The van der Waals surface area contributed by atoms with Crippen molar-refractivity contribution in [3.63, 3.8) is 0 Å². The highest BCUT2D eigenvalue weighted by Crippen LogP contribution is 1.93. The van der Waals surface area contributed by atoms with Crippen molar-refractivity contribution >= 4 is 5.91 Å². The minimum absolute atomic E-state index is 0.00505. The van der Waals surface area contributed by atoms with Crippen molar-refractivity contribution in [2.24, 2.45) is 0 Å². The molecule has 0 radical (unpaired) electrons. The molecule has 0 saturated carbocycles. The number of terminal acetylenes is 1. The fourth-order valence-corrected chi connectivity index (χ4v) is 1.02. The molecule has 3 nitrogen and oxygen atoms in total. The maximum atomic E-state index is 10.5. The maximum Gasteiger partial charge on any atom is 0.216 e. The van der Waals surface area contributed by atoms with Gasteiger partial charge in [0.15, 0.2) is 0 Å². The summed E-state index contributed by atoms with van der Waals surface area (Å²) in [7, 11) is 0. The predicted octanol–water partition coefficient (Wildman–Crippen LogP) is 0.514. The lowest BCUT2D eigenvalue weighted by atomic mass is 10.2. The summed E-state index contributed by atoms with van der Waals surface area (Å²) in [4.78, 5) is 10.5. The normalized spacial score (nSPS) is 11.8. The Morgan fingerprint density at radius 3 is 2.69 bits per heavy atom. The Hall–Kier alpha value is -1.01. The Labute approximate surface area is 80.3 Å². The molecule has 0 aromatic carbocycles. The standard InChI is InChI=1S/C10H18N2O/c1-4-6-10(5-2)12-8-7-11-9(3)13/h2,10,12H,4,6-8H2,1,3H3,(H,11,13). The predicted molar refractivity (Wildman–Crippen MR) is 54.2 cm³/mol. The highest BCUT2D eigenvalue weighted by molar-refractivity contribution is 5.72. The van der Waals surface area contributed by atoms with Gasteiger partial charge < -0.3 is 10.6 Å². The van der Waals surface area contributed by atoms with Gasteiger partial charge in [-0.3, -0.25) is 4.79 Å². The number of nitrogens with one attached hydrogen (secondary N) is 2. The quantitative estimate of drug-likeness (QED) is 0.464. The van der Waals surface area contributed by atoms with Crippen molar-refractivity contribution < 1.29 is 4.79 Å². The van der Waals surface area contributed by atoms with E-state index in [0.717, 1.165) is 19.4 Å². The summed E-state index contributed by atoms with van der Waals surface area (Å²) in [6.07, 6.45) is 7.36. The molecular formula is C10H18N2O. The summed E-state index contributed by atoms with van der Waals surface area (Å²) >= 11 is 0. The Kier molecular flexibility index (Phi) is 7.04. The van der Waals surface area contributed by atoms with Gasteiger partial charge in [0.25, 0.3) is 0 Å². The van der Waals surface area contributed by atoms with Gasteiger partial charge >= 0.3 is 0 Å². The molecule has 1 amide bonds. The van der Waals surface area contributed by atoms with Gasteiger partial charge in [-0.05, 0) is 6.42 Å². The van der Waals surface area contributed by atoms with Gasteiger partial charge in [-0.25, -0.2) is 0 Å². The largest absolute Gasteiger partial charge is 0.355 e. The second kappa shape index (κ2) is 7.63. The number of hydrogen-bond donors (Lipinski definition) is 2. The van der Waals surface area contributed by atoms with Gasteiger partial charge in [-0.2, -0.15) is 0 Å². The van der Waals surface area contributed by atoms with Crippen LogP contribution in [0.3, 0.4) is 0 Å². The second-order valence-electron chi connectivity index (χ2n) is 2.95. The number of carbonyl (C=O) groups excluding carboxylic acids is 1. The molecule has 0 fully saturated rings. The van der Waals surface area contributed by atoms with Crippen LogP contribution in [-0.2, 0) is 4.79 Å². The van der Waals surface area contributed by atoms with Gasteiger partial charge in [0.05, 0.1) is 6.04 Å². The van der Waals surface area contributed by atoms with Gasteiger partial charge in [0.1, 0.15) is 0 Å². The molecule has 0 aliphatic rings. The molecule has 0 aromatic heterocycles. The molecular weight excluding hydrogens is 164 g/mol. The van der Waals surface area contributed by atoms with Crippen LogP contribution in [-0.4, -0.2) is 25.0 Å². The first-order chi connectivity index (χ1) is 6.20. The van der Waals surface area contributed by atoms with Crippen LogP contribution in [0.25, 0.3) is 0 Å². The zero-order chi connectivity index (χ0) is 10.1. The number of hydrogen-bond acceptors (Lipinski definition) is 2. The average Bonchev–Trinajstić information content (AvgIpc) is 2.10. The van der Waals surface area contributed by atoms with E-state index in [-0.39, 0.29) is 11.9 Å². The van der Waals surface area contributed by atoms with E-state index in [4.69, 9.17) is 6.42 Å². The first-order valence-electron chi connectivity index (χ1n) is 4.64. The van der Waals surface area contributed by atoms with Gasteiger partial charge in [-0.15, -0.1) is 6.42 Å². The van der Waals surface area contributed by atoms with Crippen molar-refractivity contribution in [1.29, 1.82) is 0 Å². The molecule has 74 valence electrons. The molecule has 0 aromatic rings. The van der Waals surface area contributed by atoms with Crippen LogP contribution in [0.1, 0.15) is 26.7 Å². The zero-order valence-corrected chi connectivity index (χ0v) is 8.39. The Balaban J connectivity index is 3.39. The summed E-state index contributed by atoms with van der Waals surface area (Å²) in [5.74, 6) is 2.66. The van der Waals surface area contributed by atoms with E-state index >= 15 is 0 Å². The van der Waals surface area contributed by atoms with Crippen LogP contribution in [0, 0.1) is 12.3 Å². The highest BCUT2D eigenvalue weighted by Gasteiger charge is 2.00. The minimum Gasteiger partial charge on any atom is -0.355 e. The molecule has 0 bridgehead atoms. The topological polar surface area (TPSA) is 41.1 Å². The lowest BCUT2D eigenvalue weighted by Gasteiger charge is -2.11. The molecule has 0 aliphatic heterocycles. The van der Waals surface area contributed by atoms with Crippen molar-refractivity contribution in [3.05, 3.63) is 0 Å². The molecule has 13 heavy (non-hydrogen) atoms. The van der Waals surface area contributed by atoms with Gasteiger partial charge in [0, 0.05) is 20.0 Å². The Bertz CT molecular complexity index is 184. The molecule has 3 heteroatoms. The molecule has 2 N–H and O–H groups in total. The van der Waals surface area contributed by atoms with Gasteiger partial charge in [0.2, 0.25) is 5.91 Å². The Morgan fingerprint density at radius 2 is 2.23 bits per heavy atom. The van der Waals surface area contributed by atoms with E-state index < -0.39 is 0 Å². The molecule has 0 aliphatic carbocycles. The molecule has 0 rings (SSSR count). The maximum absolute atomic E-state index is 10.5. The van der Waals surface area contributed by atoms with Crippen LogP contribution in [0.4, 0.5) is 0 Å². The van der Waals surface area contributed by atoms with E-state index in [1.807, 2.05) is 0 Å². The minimum atomic E-state index is -0.00505. The summed E-state index contributed by atoms with van der Waals surface area (Å²) < 4.78 is 0. The Morgan fingerprint density at radius 1 is 1.54 bits per heavy atom. The van der Waals surface area contributed by atoms with Crippen molar-refractivity contribution in [2.45, 2.75) is 32.7 Å². The third kappa shape index (κ3) is 7.35. The van der Waals surface area contributed by atoms with E-state index in [1.165, 1.54) is 6.92 Å². The third-order valence-corrected chi connectivity index (χ3v) is 1.67. The monoisotopic (exact) mass is 182 g/mol. The summed E-state index contributed by atoms with van der Waals surface area (Å²) in [5.41, 5.74) is 0. The third-order valence-electron chi connectivity index (χ3n) is 1.67. The van der Waals surface area contributed by atoms with Crippen molar-refractivity contribution in [1.82, 2.24) is 10.6 Å². The van der Waals surface area contributed by atoms with Crippen LogP contribution >= 0.6 is 0 Å². The first-order valence-corrected chi connectivity index (χ1v) is 4.64. The molecule has 1 unspecified atom stereocenters. The van der Waals surface area contributed by atoms with Crippen LogP contribution in [0.5, 0.6) is 0 Å². The van der Waals surface area contributed by atoms with E-state index in [0.29, 0.717) is 6.54 Å². The van der Waals surface area contributed by atoms with E-state index in [2.05, 4.69) is 23.5 Å². The van der Waals surface area contributed by atoms with Gasteiger partial charge in [-0.1, -0.05) is 19.3 Å². The SMILES string of the molecule is C#CC(CCC)NCCNC(C)=O. The number of rotatable bonds is 6. The van der Waals surface area contributed by atoms with E-state index in [9.17, 15) is 4.79 Å². The molecule has 0 spiro atoms. The lowest BCUT2D eigenvalue weighted by molar-refractivity contribution is -0.118. The van der Waals surface area contributed by atoms with Crippen LogP contribution in [0.15, 0.2) is 0 Å². The van der Waals surface area contributed by atoms with Crippen molar-refractivity contribution in [3.8, 4) is 12.3 Å². The molecule has 0 heterocycles. The fourth-order valence-electron chi connectivity index (χ4n) is 1.02. The summed E-state index contributed by atoms with van der Waals surface area (Å²) in [5, 5.41) is 5.87. The number of carbonyl (C=O) groups is 1. The van der Waals surface area contributed by atoms with E-state index in [1.54, 1.807) is 0 Å². The summed E-state index contributed by atoms with van der Waals surface area (Å²) in [6.45, 7) is 4.97. The van der Waals surface area contributed by atoms with Crippen LogP contribution < -0.4 is 10.6 Å². The second-order valence-corrected chi connectivity index (χ2v) is 2.95. The van der Waals surface area contributed by atoms with Crippen molar-refractivity contribution in [2.75, 3.05) is 13.1 Å². The van der Waals surface area contributed by atoms with Crippen LogP contribution in [0.2, 0.25) is 0 Å². The zero-order valence-electron chi connectivity index (χ0n) is 8.39.